The first-order valence-electron chi connectivity index (χ1n) is 7.22. The number of ether oxygens (including phenoxy) is 1. The van der Waals surface area contributed by atoms with Gasteiger partial charge in [-0.2, -0.15) is 0 Å². The average Bonchev–Trinajstić information content (AvgIpc) is 3.02. The van der Waals surface area contributed by atoms with Gasteiger partial charge in [0.15, 0.2) is 12.4 Å². The number of rotatable bonds is 4. The van der Waals surface area contributed by atoms with Gasteiger partial charge >= 0.3 is 5.97 Å². The molecule has 3 rings (SSSR count). The molecule has 0 N–H and O–H groups in total. The van der Waals surface area contributed by atoms with Gasteiger partial charge in [0, 0.05) is 17.7 Å². The van der Waals surface area contributed by atoms with E-state index in [1.54, 1.807) is 40.9 Å². The molecule has 2 heterocycles. The molecule has 0 bridgehead atoms. The zero-order valence-electron chi connectivity index (χ0n) is 12.3. The third-order valence-electron chi connectivity index (χ3n) is 4.16. The summed E-state index contributed by atoms with van der Waals surface area (Å²) in [5.41, 5.74) is 0.512. The molecule has 22 heavy (non-hydrogen) atoms. The van der Waals surface area contributed by atoms with Gasteiger partial charge in [0.25, 0.3) is 0 Å². The van der Waals surface area contributed by atoms with Crippen molar-refractivity contribution in [3.8, 4) is 0 Å². The van der Waals surface area contributed by atoms with Crippen LogP contribution in [-0.2, 0) is 14.3 Å². The number of carbonyl (C=O) groups excluding carboxylic acids is 3. The van der Waals surface area contributed by atoms with Crippen molar-refractivity contribution in [3.05, 3.63) is 35.9 Å². The quantitative estimate of drug-likeness (QED) is 0.626. The van der Waals surface area contributed by atoms with Crippen LogP contribution in [0.15, 0.2) is 30.3 Å². The van der Waals surface area contributed by atoms with Gasteiger partial charge in [-0.1, -0.05) is 30.3 Å². The standard InChI is InChI=1S/C16H17NO4S/c1-16-8-7-14(19)17(16)12(10-22-16)15(20)21-9-13(18)11-5-3-2-4-6-11/h2-6,12H,7-10H2,1H3/t12-,16+/m0/s1. The van der Waals surface area contributed by atoms with Crippen LogP contribution in [0.2, 0.25) is 0 Å². The van der Waals surface area contributed by atoms with Crippen molar-refractivity contribution in [2.45, 2.75) is 30.7 Å². The first kappa shape index (κ1) is 15.1. The Bertz CT molecular complexity index is 618. The number of Topliss-reactive ketones (excluding diaryl/α,β-unsaturated/α-hetero) is 1. The first-order chi connectivity index (χ1) is 10.5. The van der Waals surface area contributed by atoms with Crippen LogP contribution in [0, 0.1) is 0 Å². The lowest BCUT2D eigenvalue weighted by Crippen LogP contribution is -2.46. The minimum Gasteiger partial charge on any atom is -0.456 e. The lowest BCUT2D eigenvalue weighted by molar-refractivity contribution is -0.152. The molecular weight excluding hydrogens is 302 g/mol. The number of fused-ring (bicyclic) bond motifs is 1. The molecule has 5 nitrogen and oxygen atoms in total. The van der Waals surface area contributed by atoms with Crippen LogP contribution in [0.5, 0.6) is 0 Å². The van der Waals surface area contributed by atoms with E-state index in [9.17, 15) is 14.4 Å². The predicted molar refractivity (Wildman–Crippen MR) is 82.5 cm³/mol. The van der Waals surface area contributed by atoms with Gasteiger partial charge < -0.3 is 9.64 Å². The summed E-state index contributed by atoms with van der Waals surface area (Å²) in [5.74, 6) is -0.213. The third kappa shape index (κ3) is 2.63. The maximum Gasteiger partial charge on any atom is 0.330 e. The number of carbonyl (C=O) groups is 3. The summed E-state index contributed by atoms with van der Waals surface area (Å²) in [6.45, 7) is 1.69. The Kier molecular flexibility index (Phi) is 3.95. The third-order valence-corrected chi connectivity index (χ3v) is 5.66. The summed E-state index contributed by atoms with van der Waals surface area (Å²) >= 11 is 1.61. The number of benzene rings is 1. The second-order valence-corrected chi connectivity index (χ2v) is 7.16. The highest BCUT2D eigenvalue weighted by molar-refractivity contribution is 8.01. The topological polar surface area (TPSA) is 63.7 Å². The van der Waals surface area contributed by atoms with Crippen molar-refractivity contribution in [2.75, 3.05) is 12.4 Å². The van der Waals surface area contributed by atoms with E-state index in [-0.39, 0.29) is 23.2 Å². The SMILES string of the molecule is C[C@@]12CCC(=O)N1[C@H](C(=O)OCC(=O)c1ccccc1)CS2. The summed E-state index contributed by atoms with van der Waals surface area (Å²) in [5, 5.41) is 0. The Labute approximate surface area is 133 Å². The highest BCUT2D eigenvalue weighted by Crippen LogP contribution is 2.47. The summed E-state index contributed by atoms with van der Waals surface area (Å²) < 4.78 is 5.15. The van der Waals surface area contributed by atoms with Gasteiger partial charge in [-0.05, 0) is 13.3 Å². The number of hydrogen-bond acceptors (Lipinski definition) is 5. The van der Waals surface area contributed by atoms with Crippen molar-refractivity contribution >= 4 is 29.4 Å². The van der Waals surface area contributed by atoms with Gasteiger partial charge in [-0.15, -0.1) is 11.8 Å². The van der Waals surface area contributed by atoms with Crippen LogP contribution in [0.4, 0.5) is 0 Å². The van der Waals surface area contributed by atoms with Crippen LogP contribution in [-0.4, -0.2) is 45.8 Å². The molecule has 0 radical (unpaired) electrons. The second-order valence-electron chi connectivity index (χ2n) is 5.66. The fourth-order valence-corrected chi connectivity index (χ4v) is 4.35. The number of esters is 1. The normalized spacial score (nSPS) is 26.9. The second kappa shape index (κ2) is 5.76. The molecular formula is C16H17NO4S. The molecule has 2 aliphatic rings. The number of amides is 1. The van der Waals surface area contributed by atoms with Crippen molar-refractivity contribution in [1.82, 2.24) is 4.90 Å². The molecule has 1 amide bonds. The van der Waals surface area contributed by atoms with Gasteiger partial charge in [0.05, 0.1) is 4.87 Å². The van der Waals surface area contributed by atoms with Crippen molar-refractivity contribution in [3.63, 3.8) is 0 Å². The fraction of sp³-hybridized carbons (Fsp3) is 0.438. The van der Waals surface area contributed by atoms with Gasteiger partial charge in [0.2, 0.25) is 5.91 Å². The zero-order valence-corrected chi connectivity index (χ0v) is 13.1. The van der Waals surface area contributed by atoms with Crippen LogP contribution < -0.4 is 0 Å². The lowest BCUT2D eigenvalue weighted by Gasteiger charge is -2.29. The molecule has 0 spiro atoms. The summed E-state index contributed by atoms with van der Waals surface area (Å²) in [6.07, 6.45) is 1.22. The minimum absolute atomic E-state index is 0.0103. The highest BCUT2D eigenvalue weighted by Gasteiger charge is 2.53. The molecule has 0 aliphatic carbocycles. The lowest BCUT2D eigenvalue weighted by atomic mass is 10.1. The van der Waals surface area contributed by atoms with E-state index < -0.39 is 12.0 Å². The molecule has 2 atom stereocenters. The summed E-state index contributed by atoms with van der Waals surface area (Å²) in [6, 6.07) is 8.13. The van der Waals surface area contributed by atoms with Crippen molar-refractivity contribution in [1.29, 1.82) is 0 Å². The smallest absolute Gasteiger partial charge is 0.330 e. The maximum absolute atomic E-state index is 12.2. The molecule has 0 aromatic heterocycles. The highest BCUT2D eigenvalue weighted by atomic mass is 32.2. The van der Waals surface area contributed by atoms with Gasteiger partial charge in [0.1, 0.15) is 6.04 Å². The van der Waals surface area contributed by atoms with Crippen LogP contribution in [0.1, 0.15) is 30.1 Å². The Morgan fingerprint density at radius 2 is 2.09 bits per heavy atom. The maximum atomic E-state index is 12.2. The number of ketones is 1. The predicted octanol–water partition coefficient (Wildman–Crippen LogP) is 1.87. The molecule has 6 heteroatoms. The fourth-order valence-electron chi connectivity index (χ4n) is 2.94. The van der Waals surface area contributed by atoms with E-state index >= 15 is 0 Å². The van der Waals surface area contributed by atoms with E-state index in [4.69, 9.17) is 4.74 Å². The average molecular weight is 319 g/mol. The van der Waals surface area contributed by atoms with Gasteiger partial charge in [-0.25, -0.2) is 4.79 Å². The molecule has 2 fully saturated rings. The Hall–Kier alpha value is -1.82. The molecule has 1 aromatic carbocycles. The molecule has 1 aromatic rings. The van der Waals surface area contributed by atoms with E-state index in [2.05, 4.69) is 0 Å². The van der Waals surface area contributed by atoms with Crippen LogP contribution in [0.3, 0.4) is 0 Å². The molecule has 2 saturated heterocycles. The number of nitrogens with zero attached hydrogens (tertiary/aromatic N) is 1. The van der Waals surface area contributed by atoms with Crippen molar-refractivity contribution in [2.24, 2.45) is 0 Å². The summed E-state index contributed by atoms with van der Waals surface area (Å²) in [4.78, 5) is 37.5. The first-order valence-corrected chi connectivity index (χ1v) is 8.21. The molecule has 116 valence electrons. The van der Waals surface area contributed by atoms with Gasteiger partial charge in [-0.3, -0.25) is 9.59 Å². The van der Waals surface area contributed by atoms with E-state index in [1.807, 2.05) is 13.0 Å². The van der Waals surface area contributed by atoms with E-state index in [0.29, 0.717) is 17.7 Å². The minimum atomic E-state index is -0.575. The van der Waals surface area contributed by atoms with Crippen LogP contribution >= 0.6 is 11.8 Å². The number of hydrogen-bond donors (Lipinski definition) is 0. The van der Waals surface area contributed by atoms with Crippen LogP contribution in [0.25, 0.3) is 0 Å². The molecule has 2 aliphatic heterocycles. The van der Waals surface area contributed by atoms with Crippen molar-refractivity contribution < 1.29 is 19.1 Å². The Morgan fingerprint density at radius 3 is 2.82 bits per heavy atom. The monoisotopic (exact) mass is 319 g/mol. The Balaban J connectivity index is 1.61. The van der Waals surface area contributed by atoms with E-state index in [0.717, 1.165) is 6.42 Å². The molecule has 0 saturated carbocycles. The largest absolute Gasteiger partial charge is 0.456 e. The molecule has 0 unspecified atom stereocenters. The summed E-state index contributed by atoms with van der Waals surface area (Å²) in [7, 11) is 0. The Morgan fingerprint density at radius 1 is 1.36 bits per heavy atom. The van der Waals surface area contributed by atoms with E-state index in [1.165, 1.54) is 0 Å². The zero-order chi connectivity index (χ0) is 15.7. The number of thioether (sulfide) groups is 1.